The number of nitrogens with zero attached hydrogens (tertiary/aromatic N) is 1. The van der Waals surface area contributed by atoms with Gasteiger partial charge in [-0.3, -0.25) is 14.3 Å². The van der Waals surface area contributed by atoms with Crippen molar-refractivity contribution in [2.45, 2.75) is 32.4 Å². The highest BCUT2D eigenvalue weighted by atomic mass is 19.1. The van der Waals surface area contributed by atoms with E-state index in [1.54, 1.807) is 13.8 Å². The first-order valence-corrected chi connectivity index (χ1v) is 5.83. The van der Waals surface area contributed by atoms with E-state index in [0.29, 0.717) is 18.6 Å². The first-order chi connectivity index (χ1) is 8.52. The maximum Gasteiger partial charge on any atom is 0.328 e. The average molecular weight is 254 g/mol. The Labute approximate surface area is 103 Å². The van der Waals surface area contributed by atoms with Gasteiger partial charge in [-0.15, -0.1) is 0 Å². The molecule has 0 spiro atoms. The molecule has 0 aromatic carbocycles. The average Bonchev–Trinajstić information content (AvgIpc) is 2.66. The molecule has 6 heteroatoms. The Morgan fingerprint density at radius 2 is 2.28 bits per heavy atom. The van der Waals surface area contributed by atoms with Crippen LogP contribution in [-0.4, -0.2) is 22.3 Å². The quantitative estimate of drug-likeness (QED) is 0.876. The van der Waals surface area contributed by atoms with Gasteiger partial charge in [0.1, 0.15) is 11.9 Å². The van der Waals surface area contributed by atoms with Crippen molar-refractivity contribution in [2.24, 2.45) is 0 Å². The molecule has 98 valence electrons. The molecule has 1 N–H and O–H groups in total. The fraction of sp³-hybridized carbons (Fsp3) is 0.500. The van der Waals surface area contributed by atoms with Gasteiger partial charge in [-0.1, -0.05) is 0 Å². The molecule has 1 aliphatic carbocycles. The van der Waals surface area contributed by atoms with E-state index in [1.807, 2.05) is 0 Å². The van der Waals surface area contributed by atoms with Gasteiger partial charge in [0, 0.05) is 24.8 Å². The van der Waals surface area contributed by atoms with Gasteiger partial charge in [0.25, 0.3) is 5.56 Å². The predicted molar refractivity (Wildman–Crippen MR) is 64.3 cm³/mol. The van der Waals surface area contributed by atoms with Gasteiger partial charge in [0.15, 0.2) is 0 Å². The highest BCUT2D eigenvalue weighted by molar-refractivity contribution is 5.14. The number of aromatic amines is 1. The maximum atomic E-state index is 13.6. The second-order valence-electron chi connectivity index (χ2n) is 4.28. The molecule has 0 saturated carbocycles. The van der Waals surface area contributed by atoms with Gasteiger partial charge in [-0.25, -0.2) is 9.18 Å². The lowest BCUT2D eigenvalue weighted by Gasteiger charge is -2.14. The van der Waals surface area contributed by atoms with E-state index in [2.05, 4.69) is 4.98 Å². The van der Waals surface area contributed by atoms with Crippen LogP contribution in [0.3, 0.4) is 0 Å². The number of hydrogen-bond donors (Lipinski definition) is 1. The topological polar surface area (TPSA) is 64.1 Å². The molecule has 0 fully saturated rings. The SMILES string of the molecule is CCOC1CC(n2cc(C)c(=O)[nH]c2=O)C=C1F. The number of hydrogen-bond acceptors (Lipinski definition) is 3. The number of H-pyrrole nitrogens is 1. The first-order valence-electron chi connectivity index (χ1n) is 5.83. The van der Waals surface area contributed by atoms with Crippen molar-refractivity contribution in [2.75, 3.05) is 6.61 Å². The number of allylic oxidation sites excluding steroid dienone is 1. The highest BCUT2D eigenvalue weighted by Crippen LogP contribution is 2.30. The van der Waals surface area contributed by atoms with Crippen LogP contribution in [0.2, 0.25) is 0 Å². The zero-order chi connectivity index (χ0) is 13.3. The molecule has 1 aromatic rings. The third kappa shape index (κ3) is 2.28. The predicted octanol–water partition coefficient (Wildman–Crippen LogP) is 1.05. The maximum absolute atomic E-state index is 13.6. The normalized spacial score (nSPS) is 23.2. The minimum Gasteiger partial charge on any atom is -0.371 e. The Hall–Kier alpha value is -1.69. The Kier molecular flexibility index (Phi) is 3.47. The summed E-state index contributed by atoms with van der Waals surface area (Å²) in [5.41, 5.74) is -0.528. The molecule has 0 radical (unpaired) electrons. The minimum absolute atomic E-state index is 0.363. The van der Waals surface area contributed by atoms with E-state index < -0.39 is 23.4 Å². The molecular formula is C12H15FN2O3. The minimum atomic E-state index is -0.598. The van der Waals surface area contributed by atoms with Crippen LogP contribution in [0.15, 0.2) is 27.7 Å². The van der Waals surface area contributed by atoms with Gasteiger partial charge in [-0.05, 0) is 19.9 Å². The van der Waals surface area contributed by atoms with Crippen LogP contribution in [0, 0.1) is 6.92 Å². The Morgan fingerprint density at radius 1 is 1.56 bits per heavy atom. The summed E-state index contributed by atoms with van der Waals surface area (Å²) in [5, 5.41) is 0. The van der Waals surface area contributed by atoms with E-state index in [1.165, 1.54) is 16.8 Å². The lowest BCUT2D eigenvalue weighted by molar-refractivity contribution is 0.0697. The van der Waals surface area contributed by atoms with E-state index in [0.717, 1.165) is 0 Å². The summed E-state index contributed by atoms with van der Waals surface area (Å²) in [6.07, 6.45) is 2.58. The molecule has 0 bridgehead atoms. The van der Waals surface area contributed by atoms with Crippen LogP contribution >= 0.6 is 0 Å². The molecule has 1 aliphatic rings. The van der Waals surface area contributed by atoms with E-state index >= 15 is 0 Å². The molecule has 2 rings (SSSR count). The van der Waals surface area contributed by atoms with Crippen LogP contribution < -0.4 is 11.2 Å². The smallest absolute Gasteiger partial charge is 0.328 e. The highest BCUT2D eigenvalue weighted by Gasteiger charge is 2.29. The van der Waals surface area contributed by atoms with Gasteiger partial charge in [0.05, 0.1) is 6.04 Å². The van der Waals surface area contributed by atoms with Crippen molar-refractivity contribution in [3.63, 3.8) is 0 Å². The van der Waals surface area contributed by atoms with Gasteiger partial charge in [-0.2, -0.15) is 0 Å². The Morgan fingerprint density at radius 3 is 2.94 bits per heavy atom. The molecule has 0 saturated heterocycles. The molecule has 5 nitrogen and oxygen atoms in total. The summed E-state index contributed by atoms with van der Waals surface area (Å²) in [7, 11) is 0. The number of ether oxygens (including phenoxy) is 1. The van der Waals surface area contributed by atoms with E-state index in [-0.39, 0.29) is 5.83 Å². The van der Waals surface area contributed by atoms with Crippen LogP contribution in [0.25, 0.3) is 0 Å². The van der Waals surface area contributed by atoms with Crippen LogP contribution in [0.5, 0.6) is 0 Å². The van der Waals surface area contributed by atoms with E-state index in [9.17, 15) is 14.0 Å². The van der Waals surface area contributed by atoms with Crippen LogP contribution in [-0.2, 0) is 4.74 Å². The van der Waals surface area contributed by atoms with Crippen molar-refractivity contribution < 1.29 is 9.13 Å². The number of nitrogens with one attached hydrogen (secondary N) is 1. The van der Waals surface area contributed by atoms with Crippen molar-refractivity contribution in [3.05, 3.63) is 44.5 Å². The third-order valence-corrected chi connectivity index (χ3v) is 2.99. The summed E-state index contributed by atoms with van der Waals surface area (Å²) in [6.45, 7) is 3.80. The summed E-state index contributed by atoms with van der Waals surface area (Å²) in [6, 6.07) is -0.412. The second-order valence-corrected chi connectivity index (χ2v) is 4.28. The molecule has 2 atom stereocenters. The lowest BCUT2D eigenvalue weighted by Crippen LogP contribution is -2.32. The van der Waals surface area contributed by atoms with Gasteiger partial charge >= 0.3 is 5.69 Å². The Bertz CT molecular complexity index is 588. The van der Waals surface area contributed by atoms with Crippen molar-refractivity contribution in [3.8, 4) is 0 Å². The number of rotatable bonds is 3. The fourth-order valence-electron chi connectivity index (χ4n) is 2.07. The van der Waals surface area contributed by atoms with Crippen molar-refractivity contribution in [1.29, 1.82) is 0 Å². The summed E-state index contributed by atoms with van der Waals surface area (Å²) in [5.74, 6) is -0.363. The number of halogens is 1. The molecular weight excluding hydrogens is 239 g/mol. The summed E-state index contributed by atoms with van der Waals surface area (Å²) < 4.78 is 20.1. The third-order valence-electron chi connectivity index (χ3n) is 2.99. The fourth-order valence-corrected chi connectivity index (χ4v) is 2.07. The first kappa shape index (κ1) is 12.8. The number of aryl methyl sites for hydroxylation is 1. The standard InChI is InChI=1S/C12H15FN2O3/c1-3-18-10-5-8(4-9(10)13)15-6-7(2)11(16)14-12(15)17/h4,6,8,10H,3,5H2,1-2H3,(H,14,16,17). The van der Waals surface area contributed by atoms with Crippen molar-refractivity contribution >= 4 is 0 Å². The van der Waals surface area contributed by atoms with Gasteiger partial charge < -0.3 is 4.74 Å². The molecule has 2 unspecified atom stereocenters. The zero-order valence-electron chi connectivity index (χ0n) is 10.3. The molecule has 0 amide bonds. The molecule has 1 aromatic heterocycles. The van der Waals surface area contributed by atoms with Gasteiger partial charge in [0.2, 0.25) is 0 Å². The largest absolute Gasteiger partial charge is 0.371 e. The van der Waals surface area contributed by atoms with E-state index in [4.69, 9.17) is 4.74 Å². The van der Waals surface area contributed by atoms with Crippen LogP contribution in [0.1, 0.15) is 24.9 Å². The molecule has 1 heterocycles. The Balaban J connectivity index is 2.33. The second kappa shape index (κ2) is 4.89. The number of aromatic nitrogens is 2. The summed E-state index contributed by atoms with van der Waals surface area (Å²) >= 11 is 0. The lowest BCUT2D eigenvalue weighted by atomic mass is 10.2. The zero-order valence-corrected chi connectivity index (χ0v) is 10.3. The monoisotopic (exact) mass is 254 g/mol. The molecule has 0 aliphatic heterocycles. The van der Waals surface area contributed by atoms with Crippen molar-refractivity contribution in [1.82, 2.24) is 9.55 Å². The summed E-state index contributed by atoms with van der Waals surface area (Å²) in [4.78, 5) is 25.1. The van der Waals surface area contributed by atoms with Crippen LogP contribution in [0.4, 0.5) is 4.39 Å². The molecule has 18 heavy (non-hydrogen) atoms.